The van der Waals surface area contributed by atoms with Crippen molar-refractivity contribution in [1.82, 2.24) is 10.1 Å². The standard InChI is InChI=1S/C13H21N3O3/c1-3-16(2)12-14-10(19-15-12)9-13(11(17)18)7-5-4-6-8-13/h3-9H2,1-2H3,(H,17,18). The van der Waals surface area contributed by atoms with E-state index in [1.807, 2.05) is 18.9 Å². The lowest BCUT2D eigenvalue weighted by atomic mass is 9.72. The molecule has 1 N–H and O–H groups in total. The highest BCUT2D eigenvalue weighted by Gasteiger charge is 2.41. The zero-order valence-corrected chi connectivity index (χ0v) is 11.6. The third-order valence-electron chi connectivity index (χ3n) is 4.03. The maximum absolute atomic E-state index is 11.6. The Morgan fingerprint density at radius 2 is 2.11 bits per heavy atom. The first-order chi connectivity index (χ1) is 9.07. The van der Waals surface area contributed by atoms with Gasteiger partial charge in [0.25, 0.3) is 5.95 Å². The molecule has 1 fully saturated rings. The zero-order valence-electron chi connectivity index (χ0n) is 11.6. The molecule has 0 bridgehead atoms. The maximum atomic E-state index is 11.6. The number of rotatable bonds is 5. The van der Waals surface area contributed by atoms with E-state index in [9.17, 15) is 9.90 Å². The van der Waals surface area contributed by atoms with Crippen molar-refractivity contribution in [3.8, 4) is 0 Å². The number of carboxylic acid groups (broad SMARTS) is 1. The monoisotopic (exact) mass is 267 g/mol. The Hall–Kier alpha value is -1.59. The Morgan fingerprint density at radius 1 is 1.42 bits per heavy atom. The lowest BCUT2D eigenvalue weighted by Gasteiger charge is -2.31. The number of carboxylic acids is 1. The van der Waals surface area contributed by atoms with E-state index < -0.39 is 11.4 Å². The molecule has 2 rings (SSSR count). The number of aromatic nitrogens is 2. The molecule has 0 unspecified atom stereocenters. The van der Waals surface area contributed by atoms with Crippen LogP contribution in [0.1, 0.15) is 44.9 Å². The van der Waals surface area contributed by atoms with Crippen LogP contribution in [0.3, 0.4) is 0 Å². The van der Waals surface area contributed by atoms with Gasteiger partial charge < -0.3 is 14.5 Å². The fourth-order valence-electron chi connectivity index (χ4n) is 2.60. The van der Waals surface area contributed by atoms with Gasteiger partial charge in [0.1, 0.15) is 0 Å². The third-order valence-corrected chi connectivity index (χ3v) is 4.03. The van der Waals surface area contributed by atoms with Gasteiger partial charge in [-0.1, -0.05) is 19.3 Å². The highest BCUT2D eigenvalue weighted by molar-refractivity contribution is 5.75. The van der Waals surface area contributed by atoms with Crippen LogP contribution in [0, 0.1) is 5.41 Å². The number of aliphatic carboxylic acids is 1. The highest BCUT2D eigenvalue weighted by atomic mass is 16.5. The van der Waals surface area contributed by atoms with E-state index in [0.29, 0.717) is 31.1 Å². The second-order valence-corrected chi connectivity index (χ2v) is 5.33. The molecular weight excluding hydrogens is 246 g/mol. The maximum Gasteiger partial charge on any atom is 0.310 e. The molecule has 0 spiro atoms. The molecule has 0 amide bonds. The van der Waals surface area contributed by atoms with E-state index >= 15 is 0 Å². The fraction of sp³-hybridized carbons (Fsp3) is 0.769. The van der Waals surface area contributed by atoms with Crippen molar-refractivity contribution >= 4 is 11.9 Å². The SMILES string of the molecule is CCN(C)c1noc(CC2(C(=O)O)CCCCC2)n1. The summed E-state index contributed by atoms with van der Waals surface area (Å²) in [6.45, 7) is 2.78. The Morgan fingerprint density at radius 3 is 2.68 bits per heavy atom. The average molecular weight is 267 g/mol. The van der Waals surface area contributed by atoms with Gasteiger partial charge in [0.15, 0.2) is 0 Å². The first-order valence-corrected chi connectivity index (χ1v) is 6.84. The lowest BCUT2D eigenvalue weighted by molar-refractivity contribution is -0.151. The van der Waals surface area contributed by atoms with Crippen molar-refractivity contribution in [2.75, 3.05) is 18.5 Å². The van der Waals surface area contributed by atoms with Gasteiger partial charge in [0.2, 0.25) is 5.89 Å². The summed E-state index contributed by atoms with van der Waals surface area (Å²) < 4.78 is 5.20. The molecule has 6 heteroatoms. The predicted octanol–water partition coefficient (Wildman–Crippen LogP) is 2.10. The summed E-state index contributed by atoms with van der Waals surface area (Å²) in [5.41, 5.74) is -0.715. The summed E-state index contributed by atoms with van der Waals surface area (Å²) in [4.78, 5) is 17.7. The van der Waals surface area contributed by atoms with Gasteiger partial charge in [-0.2, -0.15) is 4.98 Å². The van der Waals surface area contributed by atoms with Crippen LogP contribution in [0.5, 0.6) is 0 Å². The minimum absolute atomic E-state index is 0.340. The highest BCUT2D eigenvalue weighted by Crippen LogP contribution is 2.39. The van der Waals surface area contributed by atoms with Crippen LogP contribution in [0.15, 0.2) is 4.52 Å². The predicted molar refractivity (Wildman–Crippen MR) is 70.1 cm³/mol. The molecule has 6 nitrogen and oxygen atoms in total. The Balaban J connectivity index is 2.13. The summed E-state index contributed by atoms with van der Waals surface area (Å²) in [6, 6.07) is 0. The summed E-state index contributed by atoms with van der Waals surface area (Å²) in [5, 5.41) is 13.4. The van der Waals surface area contributed by atoms with Crippen LogP contribution >= 0.6 is 0 Å². The number of hydrogen-bond donors (Lipinski definition) is 1. The molecule has 0 atom stereocenters. The van der Waals surface area contributed by atoms with Crippen molar-refractivity contribution < 1.29 is 14.4 Å². The quantitative estimate of drug-likeness (QED) is 0.880. The van der Waals surface area contributed by atoms with E-state index in [1.54, 1.807) is 0 Å². The molecule has 1 aliphatic carbocycles. The Labute approximate surface area is 112 Å². The van der Waals surface area contributed by atoms with E-state index in [1.165, 1.54) is 0 Å². The number of hydrogen-bond acceptors (Lipinski definition) is 5. The van der Waals surface area contributed by atoms with E-state index in [2.05, 4.69) is 10.1 Å². The van der Waals surface area contributed by atoms with Gasteiger partial charge in [0.05, 0.1) is 5.41 Å². The third kappa shape index (κ3) is 2.88. The molecule has 0 aliphatic heterocycles. The van der Waals surface area contributed by atoms with Gasteiger partial charge in [0, 0.05) is 20.0 Å². The van der Waals surface area contributed by atoms with Crippen molar-refractivity contribution in [3.63, 3.8) is 0 Å². The van der Waals surface area contributed by atoms with Crippen LogP contribution in [-0.2, 0) is 11.2 Å². The van der Waals surface area contributed by atoms with Gasteiger partial charge >= 0.3 is 5.97 Å². The molecule has 1 heterocycles. The molecule has 0 saturated heterocycles. The number of carbonyl (C=O) groups is 1. The fourth-order valence-corrected chi connectivity index (χ4v) is 2.60. The minimum atomic E-state index is -0.740. The van der Waals surface area contributed by atoms with Gasteiger partial charge in [-0.25, -0.2) is 0 Å². The van der Waals surface area contributed by atoms with Crippen LogP contribution in [0.25, 0.3) is 0 Å². The van der Waals surface area contributed by atoms with E-state index in [0.717, 1.165) is 25.8 Å². The molecule has 1 saturated carbocycles. The van der Waals surface area contributed by atoms with Crippen LogP contribution in [0.4, 0.5) is 5.95 Å². The van der Waals surface area contributed by atoms with E-state index in [4.69, 9.17) is 4.52 Å². The van der Waals surface area contributed by atoms with Crippen LogP contribution in [-0.4, -0.2) is 34.8 Å². The molecule has 19 heavy (non-hydrogen) atoms. The first kappa shape index (κ1) is 13.8. The van der Waals surface area contributed by atoms with Gasteiger partial charge in [-0.05, 0) is 24.9 Å². The summed E-state index contributed by atoms with van der Waals surface area (Å²) in [6.07, 6.45) is 4.77. The molecule has 1 aromatic heterocycles. The smallest absolute Gasteiger partial charge is 0.310 e. The second-order valence-electron chi connectivity index (χ2n) is 5.33. The van der Waals surface area contributed by atoms with Gasteiger partial charge in [-0.3, -0.25) is 4.79 Å². The topological polar surface area (TPSA) is 79.5 Å². The lowest BCUT2D eigenvalue weighted by Crippen LogP contribution is -2.35. The second kappa shape index (κ2) is 5.59. The van der Waals surface area contributed by atoms with Gasteiger partial charge in [-0.15, -0.1) is 0 Å². The number of nitrogens with zero attached hydrogens (tertiary/aromatic N) is 3. The average Bonchev–Trinajstić information content (AvgIpc) is 2.87. The molecule has 1 aliphatic rings. The van der Waals surface area contributed by atoms with Crippen LogP contribution < -0.4 is 4.90 Å². The molecule has 0 aromatic carbocycles. The van der Waals surface area contributed by atoms with Crippen molar-refractivity contribution in [2.45, 2.75) is 45.4 Å². The Kier molecular flexibility index (Phi) is 4.07. The van der Waals surface area contributed by atoms with Crippen LogP contribution in [0.2, 0.25) is 0 Å². The van der Waals surface area contributed by atoms with Crippen molar-refractivity contribution in [1.29, 1.82) is 0 Å². The number of anilines is 1. The summed E-state index contributed by atoms with van der Waals surface area (Å²) in [7, 11) is 1.88. The Bertz CT molecular complexity index is 438. The van der Waals surface area contributed by atoms with E-state index in [-0.39, 0.29) is 0 Å². The zero-order chi connectivity index (χ0) is 13.9. The molecular formula is C13H21N3O3. The van der Waals surface area contributed by atoms with Crippen molar-refractivity contribution in [3.05, 3.63) is 5.89 Å². The normalized spacial score (nSPS) is 18.2. The minimum Gasteiger partial charge on any atom is -0.481 e. The molecule has 106 valence electrons. The molecule has 0 radical (unpaired) electrons. The summed E-state index contributed by atoms with van der Waals surface area (Å²) in [5.74, 6) is 0.212. The summed E-state index contributed by atoms with van der Waals surface area (Å²) >= 11 is 0. The largest absolute Gasteiger partial charge is 0.481 e. The first-order valence-electron chi connectivity index (χ1n) is 6.84. The van der Waals surface area contributed by atoms with Crippen molar-refractivity contribution in [2.24, 2.45) is 5.41 Å². The molecule has 1 aromatic rings.